The number of likely N-dealkylation sites (N-methyl/N-ethyl adjacent to an activating group) is 2. The molecule has 48 heavy (non-hydrogen) atoms. The zero-order valence-corrected chi connectivity index (χ0v) is 31.9. The van der Waals surface area contributed by atoms with Crippen molar-refractivity contribution in [2.24, 2.45) is 23.2 Å². The lowest BCUT2D eigenvalue weighted by Crippen LogP contribution is -2.60. The molecule has 1 N–H and O–H groups in total. The standard InChI is InChI=1S/C36H66N4O8/c1-13-38(10)16-14-15-29(41)40-20-26(21-40)28-22-46-34(44)35(5,6)31(43)25(4)32(36(7,45-12)18-23(2)19-39(28)11)48-33-30(42)27(37(8)9)17-24(3)47-33/h23-28,30,32-33,42H,13-22H2,1-12H3/t23-,24-,25+,27+,28?,30-,32-,33+,36-/m1/s1. The number of carbonyl (C=O) groups is 3. The zero-order chi connectivity index (χ0) is 36.1. The second kappa shape index (κ2) is 17.0. The van der Waals surface area contributed by atoms with Gasteiger partial charge < -0.3 is 38.8 Å². The molecule has 3 fully saturated rings. The van der Waals surface area contributed by atoms with Gasteiger partial charge in [0.05, 0.1) is 17.8 Å². The van der Waals surface area contributed by atoms with Crippen LogP contribution in [0.3, 0.4) is 0 Å². The number of methoxy groups -OCH3 is 1. The molecule has 3 saturated heterocycles. The van der Waals surface area contributed by atoms with E-state index in [-0.39, 0.29) is 48.3 Å². The summed E-state index contributed by atoms with van der Waals surface area (Å²) in [5.74, 6) is -1.30. The molecule has 3 aliphatic rings. The molecule has 0 saturated carbocycles. The summed E-state index contributed by atoms with van der Waals surface area (Å²) >= 11 is 0. The number of hydrogen-bond donors (Lipinski definition) is 1. The van der Waals surface area contributed by atoms with Gasteiger partial charge in [0.2, 0.25) is 5.91 Å². The lowest BCUT2D eigenvalue weighted by molar-refractivity contribution is -0.295. The molecular formula is C36H66N4O8. The number of nitrogens with zero attached hydrogens (tertiary/aromatic N) is 4. The second-order valence-electron chi connectivity index (χ2n) is 15.9. The summed E-state index contributed by atoms with van der Waals surface area (Å²) in [5, 5.41) is 11.3. The van der Waals surface area contributed by atoms with Gasteiger partial charge in [-0.1, -0.05) is 20.8 Å². The molecule has 0 bridgehead atoms. The largest absolute Gasteiger partial charge is 0.463 e. The quantitative estimate of drug-likeness (QED) is 0.270. The minimum absolute atomic E-state index is 0.0966. The van der Waals surface area contributed by atoms with Crippen LogP contribution in [0, 0.1) is 23.2 Å². The number of amides is 1. The average Bonchev–Trinajstić information content (AvgIpc) is 3.00. The first-order valence-electron chi connectivity index (χ1n) is 17.9. The predicted octanol–water partition coefficient (Wildman–Crippen LogP) is 2.51. The van der Waals surface area contributed by atoms with E-state index in [4.69, 9.17) is 18.9 Å². The van der Waals surface area contributed by atoms with Crippen LogP contribution in [0.5, 0.6) is 0 Å². The van der Waals surface area contributed by atoms with E-state index in [1.54, 1.807) is 27.9 Å². The first kappa shape index (κ1) is 40.8. The van der Waals surface area contributed by atoms with Gasteiger partial charge in [-0.3, -0.25) is 19.3 Å². The monoisotopic (exact) mass is 682 g/mol. The van der Waals surface area contributed by atoms with Crippen LogP contribution in [0.4, 0.5) is 0 Å². The zero-order valence-electron chi connectivity index (χ0n) is 31.9. The highest BCUT2D eigenvalue weighted by molar-refractivity contribution is 6.04. The minimum Gasteiger partial charge on any atom is -0.463 e. The summed E-state index contributed by atoms with van der Waals surface area (Å²) in [6.45, 7) is 17.0. The Morgan fingerprint density at radius 3 is 2.31 bits per heavy atom. The van der Waals surface area contributed by atoms with Gasteiger partial charge in [-0.15, -0.1) is 0 Å². The summed E-state index contributed by atoms with van der Waals surface area (Å²) < 4.78 is 24.9. The van der Waals surface area contributed by atoms with Crippen molar-refractivity contribution in [3.63, 3.8) is 0 Å². The number of hydrogen-bond acceptors (Lipinski definition) is 11. The maximum absolute atomic E-state index is 14.2. The summed E-state index contributed by atoms with van der Waals surface area (Å²) in [7, 11) is 9.54. The normalized spacial score (nSPS) is 36.3. The predicted molar refractivity (Wildman–Crippen MR) is 184 cm³/mol. The van der Waals surface area contributed by atoms with Gasteiger partial charge in [0, 0.05) is 57.1 Å². The SMILES string of the molecule is CCN(C)CCCC(=O)N1CC(C2COC(=O)C(C)(C)C(=O)[C@H](C)[C@@H](O[C@@H]3O[C@H](C)C[C@H](N(C)C)[C@H]3O)[C@](C)(OC)C[C@@H](C)CN2C)C1. The van der Waals surface area contributed by atoms with Gasteiger partial charge in [0.1, 0.15) is 18.1 Å². The fraction of sp³-hybridized carbons (Fsp3) is 0.917. The lowest BCUT2D eigenvalue weighted by Gasteiger charge is -2.47. The van der Waals surface area contributed by atoms with E-state index in [9.17, 15) is 19.5 Å². The van der Waals surface area contributed by atoms with Crippen molar-refractivity contribution < 1.29 is 38.4 Å². The molecule has 3 rings (SSSR count). The van der Waals surface area contributed by atoms with E-state index < -0.39 is 41.4 Å². The second-order valence-corrected chi connectivity index (χ2v) is 15.9. The van der Waals surface area contributed by atoms with E-state index in [1.165, 1.54) is 0 Å². The van der Waals surface area contributed by atoms with Gasteiger partial charge in [-0.05, 0) is 94.2 Å². The highest BCUT2D eigenvalue weighted by Gasteiger charge is 2.52. The van der Waals surface area contributed by atoms with E-state index in [0.717, 1.165) is 19.5 Å². The molecule has 12 nitrogen and oxygen atoms in total. The van der Waals surface area contributed by atoms with Gasteiger partial charge in [0.25, 0.3) is 0 Å². The Hall–Kier alpha value is -1.67. The number of ketones is 1. The van der Waals surface area contributed by atoms with Crippen molar-refractivity contribution in [1.82, 2.24) is 19.6 Å². The number of aliphatic hydroxyl groups is 1. The van der Waals surface area contributed by atoms with E-state index in [0.29, 0.717) is 38.9 Å². The third-order valence-corrected chi connectivity index (χ3v) is 11.2. The molecule has 9 atom stereocenters. The van der Waals surface area contributed by atoms with Gasteiger partial charge in [-0.25, -0.2) is 0 Å². The smallest absolute Gasteiger partial charge is 0.319 e. The molecular weight excluding hydrogens is 616 g/mol. The Bertz CT molecular complexity index is 1080. The number of Topliss-reactive ketones (excluding diaryl/α,β-unsaturated/α-hetero) is 1. The van der Waals surface area contributed by atoms with Crippen LogP contribution < -0.4 is 0 Å². The third kappa shape index (κ3) is 9.56. The highest BCUT2D eigenvalue weighted by atomic mass is 16.7. The van der Waals surface area contributed by atoms with Crippen LogP contribution >= 0.6 is 0 Å². The van der Waals surface area contributed by atoms with Crippen molar-refractivity contribution in [1.29, 1.82) is 0 Å². The number of esters is 1. The number of carbonyl (C=O) groups excluding carboxylic acids is 3. The Kier molecular flexibility index (Phi) is 14.5. The van der Waals surface area contributed by atoms with Crippen molar-refractivity contribution in [3.8, 4) is 0 Å². The van der Waals surface area contributed by atoms with Crippen LogP contribution in [-0.4, -0.2) is 159 Å². The van der Waals surface area contributed by atoms with Crippen LogP contribution in [-0.2, 0) is 33.3 Å². The summed E-state index contributed by atoms with van der Waals surface area (Å²) in [4.78, 5) is 49.1. The molecule has 0 spiro atoms. The van der Waals surface area contributed by atoms with Crippen molar-refractivity contribution in [2.75, 3.05) is 74.6 Å². The summed E-state index contributed by atoms with van der Waals surface area (Å²) in [6, 6.07) is -0.309. The van der Waals surface area contributed by atoms with E-state index >= 15 is 0 Å². The first-order chi connectivity index (χ1) is 22.4. The van der Waals surface area contributed by atoms with Crippen LogP contribution in [0.25, 0.3) is 0 Å². The van der Waals surface area contributed by atoms with Crippen LogP contribution in [0.2, 0.25) is 0 Å². The molecule has 12 heteroatoms. The molecule has 278 valence electrons. The third-order valence-electron chi connectivity index (χ3n) is 11.2. The maximum Gasteiger partial charge on any atom is 0.319 e. The maximum atomic E-state index is 14.2. The number of rotatable bonds is 10. The van der Waals surface area contributed by atoms with Gasteiger partial charge >= 0.3 is 5.97 Å². The first-order valence-corrected chi connectivity index (χ1v) is 17.9. The van der Waals surface area contributed by atoms with Crippen LogP contribution in [0.15, 0.2) is 0 Å². The van der Waals surface area contributed by atoms with Gasteiger partial charge in [-0.2, -0.15) is 0 Å². The molecule has 3 heterocycles. The summed E-state index contributed by atoms with van der Waals surface area (Å²) in [6.07, 6.45) is -0.391. The van der Waals surface area contributed by atoms with Crippen LogP contribution in [0.1, 0.15) is 74.1 Å². The molecule has 0 aromatic rings. The van der Waals surface area contributed by atoms with E-state index in [1.807, 2.05) is 44.8 Å². The fourth-order valence-corrected chi connectivity index (χ4v) is 7.84. The Morgan fingerprint density at radius 2 is 1.73 bits per heavy atom. The Balaban J connectivity index is 1.85. The highest BCUT2D eigenvalue weighted by Crippen LogP contribution is 2.38. The molecule has 1 amide bonds. The molecule has 3 aliphatic heterocycles. The molecule has 0 aliphatic carbocycles. The van der Waals surface area contributed by atoms with Crippen molar-refractivity contribution in [2.45, 2.75) is 116 Å². The van der Waals surface area contributed by atoms with Gasteiger partial charge in [0.15, 0.2) is 12.1 Å². The molecule has 0 aromatic heterocycles. The summed E-state index contributed by atoms with van der Waals surface area (Å²) in [5.41, 5.74) is -2.42. The van der Waals surface area contributed by atoms with E-state index in [2.05, 4.69) is 30.7 Å². The topological polar surface area (TPSA) is 121 Å². The minimum atomic E-state index is -1.46. The van der Waals surface area contributed by atoms with Crippen molar-refractivity contribution in [3.05, 3.63) is 0 Å². The number of ether oxygens (including phenoxy) is 4. The Morgan fingerprint density at radius 1 is 1.08 bits per heavy atom. The average molecular weight is 683 g/mol. The number of aliphatic hydroxyl groups excluding tert-OH is 1. The number of cyclic esters (lactones) is 1. The van der Waals surface area contributed by atoms with Crippen molar-refractivity contribution >= 4 is 17.7 Å². The Labute approximate surface area is 289 Å². The molecule has 0 radical (unpaired) electrons. The number of likely N-dealkylation sites (tertiary alicyclic amines) is 1. The lowest BCUT2D eigenvalue weighted by atomic mass is 9.74. The molecule has 0 aromatic carbocycles. The fourth-order valence-electron chi connectivity index (χ4n) is 7.84. The molecule has 1 unspecified atom stereocenters.